The number of ether oxygens (including phenoxy) is 1. The Morgan fingerprint density at radius 2 is 2.05 bits per heavy atom. The van der Waals surface area contributed by atoms with Gasteiger partial charge in [0.15, 0.2) is 6.61 Å². The number of nitrogens with one attached hydrogen (secondary N) is 1. The van der Waals surface area contributed by atoms with Gasteiger partial charge in [-0.3, -0.25) is 4.79 Å². The number of hydrogen-bond acceptors (Lipinski definition) is 3. The summed E-state index contributed by atoms with van der Waals surface area (Å²) in [5.74, 6) is 0.339. The maximum absolute atomic E-state index is 11.9. The quantitative estimate of drug-likeness (QED) is 0.868. The molecule has 110 valence electrons. The van der Waals surface area contributed by atoms with Gasteiger partial charge in [-0.25, -0.2) is 0 Å². The Balaban J connectivity index is 1.96. The number of aliphatic hydroxyl groups excluding tert-OH is 1. The predicted octanol–water partition coefficient (Wildman–Crippen LogP) is 3.52. The number of rotatable bonds is 5. The van der Waals surface area contributed by atoms with Crippen molar-refractivity contribution < 1.29 is 14.6 Å². The van der Waals surface area contributed by atoms with Crippen molar-refractivity contribution in [3.63, 3.8) is 0 Å². The molecule has 21 heavy (non-hydrogen) atoms. The van der Waals surface area contributed by atoms with Crippen LogP contribution in [0.3, 0.4) is 0 Å². The molecule has 0 radical (unpaired) electrons. The molecule has 0 aromatic heterocycles. The van der Waals surface area contributed by atoms with Gasteiger partial charge >= 0.3 is 0 Å². The summed E-state index contributed by atoms with van der Waals surface area (Å²) in [4.78, 5) is 11.9. The van der Waals surface area contributed by atoms with Crippen LogP contribution in [0.25, 0.3) is 0 Å². The third-order valence-electron chi connectivity index (χ3n) is 2.85. The third-order valence-corrected chi connectivity index (χ3v) is 3.34. The van der Waals surface area contributed by atoms with Gasteiger partial charge in [0.2, 0.25) is 0 Å². The van der Waals surface area contributed by atoms with Crippen molar-refractivity contribution >= 4 is 27.5 Å². The van der Waals surface area contributed by atoms with Crippen LogP contribution in [0.1, 0.15) is 18.6 Å². The Bertz CT molecular complexity index is 628. The van der Waals surface area contributed by atoms with Gasteiger partial charge in [-0.2, -0.15) is 0 Å². The lowest BCUT2D eigenvalue weighted by Crippen LogP contribution is -2.21. The number of para-hydroxylation sites is 1. The van der Waals surface area contributed by atoms with E-state index in [1.54, 1.807) is 37.3 Å². The zero-order chi connectivity index (χ0) is 15.2. The molecule has 2 N–H and O–H groups in total. The number of anilines is 1. The van der Waals surface area contributed by atoms with Crippen LogP contribution in [0.5, 0.6) is 5.75 Å². The molecule has 0 aliphatic heterocycles. The molecule has 0 saturated carbocycles. The maximum atomic E-state index is 11.9. The van der Waals surface area contributed by atoms with E-state index in [0.29, 0.717) is 17.0 Å². The lowest BCUT2D eigenvalue weighted by Gasteiger charge is -2.13. The molecule has 0 fully saturated rings. The topological polar surface area (TPSA) is 58.6 Å². The van der Waals surface area contributed by atoms with Crippen molar-refractivity contribution in [2.75, 3.05) is 11.9 Å². The number of carbonyl (C=O) groups is 1. The van der Waals surface area contributed by atoms with Crippen LogP contribution in [0, 0.1) is 0 Å². The van der Waals surface area contributed by atoms with Crippen molar-refractivity contribution in [1.29, 1.82) is 0 Å². The van der Waals surface area contributed by atoms with Gasteiger partial charge in [-0.15, -0.1) is 0 Å². The summed E-state index contributed by atoms with van der Waals surface area (Å²) in [5.41, 5.74) is 1.27. The predicted molar refractivity (Wildman–Crippen MR) is 85.3 cm³/mol. The normalized spacial score (nSPS) is 11.8. The number of aliphatic hydroxyl groups is 1. The van der Waals surface area contributed by atoms with Crippen LogP contribution in [-0.2, 0) is 4.79 Å². The minimum Gasteiger partial charge on any atom is -0.484 e. The molecule has 0 aliphatic carbocycles. The van der Waals surface area contributed by atoms with Crippen LogP contribution in [0.15, 0.2) is 53.0 Å². The van der Waals surface area contributed by atoms with E-state index in [0.717, 1.165) is 4.47 Å². The zero-order valence-electron chi connectivity index (χ0n) is 11.5. The lowest BCUT2D eigenvalue weighted by molar-refractivity contribution is -0.118. The second-order valence-electron chi connectivity index (χ2n) is 4.56. The molecular formula is C16H16BrNO3. The number of halogens is 1. The molecule has 4 nitrogen and oxygen atoms in total. The smallest absolute Gasteiger partial charge is 0.262 e. The van der Waals surface area contributed by atoms with Gasteiger partial charge < -0.3 is 15.2 Å². The first kappa shape index (κ1) is 15.5. The Morgan fingerprint density at radius 3 is 2.76 bits per heavy atom. The fraction of sp³-hybridized carbons (Fsp3) is 0.188. The Labute approximate surface area is 131 Å². The first-order valence-electron chi connectivity index (χ1n) is 6.51. The average Bonchev–Trinajstić information content (AvgIpc) is 2.45. The summed E-state index contributed by atoms with van der Waals surface area (Å²) in [6.45, 7) is 1.56. The highest BCUT2D eigenvalue weighted by Crippen LogP contribution is 2.22. The number of hydrogen-bond donors (Lipinski definition) is 2. The fourth-order valence-corrected chi connectivity index (χ4v) is 2.25. The van der Waals surface area contributed by atoms with Crippen LogP contribution in [-0.4, -0.2) is 17.6 Å². The van der Waals surface area contributed by atoms with E-state index >= 15 is 0 Å². The first-order valence-corrected chi connectivity index (χ1v) is 7.31. The van der Waals surface area contributed by atoms with Crippen LogP contribution >= 0.6 is 15.9 Å². The molecule has 1 unspecified atom stereocenters. The molecule has 5 heteroatoms. The molecule has 2 rings (SSSR count). The minimum atomic E-state index is -0.646. The Morgan fingerprint density at radius 1 is 1.29 bits per heavy atom. The highest BCUT2D eigenvalue weighted by Gasteiger charge is 2.10. The summed E-state index contributed by atoms with van der Waals surface area (Å²) >= 11 is 3.34. The van der Waals surface area contributed by atoms with E-state index in [4.69, 9.17) is 4.74 Å². The van der Waals surface area contributed by atoms with Crippen molar-refractivity contribution in [2.24, 2.45) is 0 Å². The highest BCUT2D eigenvalue weighted by atomic mass is 79.9. The molecule has 0 heterocycles. The van der Waals surface area contributed by atoms with E-state index in [-0.39, 0.29) is 12.5 Å². The maximum Gasteiger partial charge on any atom is 0.262 e. The van der Waals surface area contributed by atoms with Gasteiger partial charge in [0, 0.05) is 15.7 Å². The van der Waals surface area contributed by atoms with Crippen LogP contribution in [0.4, 0.5) is 5.69 Å². The van der Waals surface area contributed by atoms with Gasteiger partial charge in [0.1, 0.15) is 5.75 Å². The monoisotopic (exact) mass is 349 g/mol. The van der Waals surface area contributed by atoms with Crippen molar-refractivity contribution in [2.45, 2.75) is 13.0 Å². The summed E-state index contributed by atoms with van der Waals surface area (Å²) < 4.78 is 6.31. The van der Waals surface area contributed by atoms with Gasteiger partial charge in [0.05, 0.1) is 6.10 Å². The van der Waals surface area contributed by atoms with Crippen molar-refractivity contribution in [1.82, 2.24) is 0 Å². The number of amides is 1. The average molecular weight is 350 g/mol. The number of carbonyl (C=O) groups excluding carboxylic acids is 1. The highest BCUT2D eigenvalue weighted by molar-refractivity contribution is 9.10. The zero-order valence-corrected chi connectivity index (χ0v) is 13.1. The summed E-state index contributed by atoms with van der Waals surface area (Å²) in [6, 6.07) is 14.4. The molecule has 1 amide bonds. The largest absolute Gasteiger partial charge is 0.484 e. The van der Waals surface area contributed by atoms with E-state index in [9.17, 15) is 9.90 Å². The molecule has 0 aliphatic rings. The molecule has 2 aromatic carbocycles. The van der Waals surface area contributed by atoms with Crippen LogP contribution < -0.4 is 10.1 Å². The van der Waals surface area contributed by atoms with E-state index < -0.39 is 6.10 Å². The van der Waals surface area contributed by atoms with E-state index in [2.05, 4.69) is 21.2 Å². The second-order valence-corrected chi connectivity index (χ2v) is 5.47. The molecule has 0 saturated heterocycles. The molecule has 1 atom stereocenters. The lowest BCUT2D eigenvalue weighted by atomic mass is 10.1. The Kier molecular flexibility index (Phi) is 5.36. The first-order chi connectivity index (χ1) is 10.1. The summed E-state index contributed by atoms with van der Waals surface area (Å²) in [5, 5.41) is 12.4. The van der Waals surface area contributed by atoms with Gasteiger partial charge in [-0.1, -0.05) is 40.2 Å². The van der Waals surface area contributed by atoms with E-state index in [1.165, 1.54) is 0 Å². The summed E-state index contributed by atoms with van der Waals surface area (Å²) in [7, 11) is 0. The Hall–Kier alpha value is -1.85. The molecule has 0 bridgehead atoms. The fourth-order valence-electron chi connectivity index (χ4n) is 1.87. The SMILES string of the molecule is CC(O)c1ccccc1NC(=O)COc1cccc(Br)c1. The van der Waals surface area contributed by atoms with Gasteiger partial charge in [-0.05, 0) is 31.2 Å². The van der Waals surface area contributed by atoms with E-state index in [1.807, 2.05) is 18.2 Å². The molecular weight excluding hydrogens is 334 g/mol. The third kappa shape index (κ3) is 4.58. The second kappa shape index (κ2) is 7.24. The number of benzene rings is 2. The standard InChI is InChI=1S/C16H16BrNO3/c1-11(19)14-7-2-3-8-15(14)18-16(20)10-21-13-6-4-5-12(17)9-13/h2-9,11,19H,10H2,1H3,(H,18,20). The van der Waals surface area contributed by atoms with Gasteiger partial charge in [0.25, 0.3) is 5.91 Å². The van der Waals surface area contributed by atoms with Crippen LogP contribution in [0.2, 0.25) is 0 Å². The molecule has 0 spiro atoms. The van der Waals surface area contributed by atoms with Crippen molar-refractivity contribution in [3.8, 4) is 5.75 Å². The van der Waals surface area contributed by atoms with Crippen molar-refractivity contribution in [3.05, 3.63) is 58.6 Å². The summed E-state index contributed by atoms with van der Waals surface area (Å²) in [6.07, 6.45) is -0.646. The minimum absolute atomic E-state index is 0.0927. The molecule has 2 aromatic rings.